The first-order valence-corrected chi connectivity index (χ1v) is 6.65. The Morgan fingerprint density at radius 1 is 1.31 bits per heavy atom. The molecular weight excluding hydrogens is 200 g/mol. The third-order valence-electron chi connectivity index (χ3n) is 5.16. The molecule has 2 aliphatic carbocycles. The zero-order valence-electron chi connectivity index (χ0n) is 10.2. The lowest BCUT2D eigenvalue weighted by molar-refractivity contribution is -0.142. The van der Waals surface area contributed by atoms with Gasteiger partial charge in [0.2, 0.25) is 5.91 Å². The molecule has 1 heterocycles. The molecule has 2 saturated carbocycles. The summed E-state index contributed by atoms with van der Waals surface area (Å²) in [7, 11) is 0. The van der Waals surface area contributed by atoms with Crippen LogP contribution in [0.25, 0.3) is 0 Å². The van der Waals surface area contributed by atoms with Crippen molar-refractivity contribution in [3.63, 3.8) is 0 Å². The maximum atomic E-state index is 12.7. The summed E-state index contributed by atoms with van der Waals surface area (Å²) in [6, 6.07) is 0.454. The van der Waals surface area contributed by atoms with Crippen LogP contribution in [0.5, 0.6) is 0 Å². The average Bonchev–Trinajstić information content (AvgIpc) is 2.90. The lowest BCUT2D eigenvalue weighted by atomic mass is 9.82. The molecule has 3 aliphatic rings. The summed E-state index contributed by atoms with van der Waals surface area (Å²) in [5.74, 6) is 0.419. The van der Waals surface area contributed by atoms with Crippen LogP contribution in [0.2, 0.25) is 0 Å². The molecular formula is C13H22N2O. The molecule has 0 aromatic carbocycles. The van der Waals surface area contributed by atoms with Gasteiger partial charge >= 0.3 is 0 Å². The molecule has 0 radical (unpaired) electrons. The average molecular weight is 222 g/mol. The highest BCUT2D eigenvalue weighted by Gasteiger charge is 2.57. The lowest BCUT2D eigenvalue weighted by Crippen LogP contribution is -2.43. The van der Waals surface area contributed by atoms with Gasteiger partial charge in [0.1, 0.15) is 0 Å². The van der Waals surface area contributed by atoms with Gasteiger partial charge in [-0.3, -0.25) is 4.79 Å². The number of likely N-dealkylation sites (tertiary alicyclic amines) is 1. The van der Waals surface area contributed by atoms with E-state index in [1.165, 1.54) is 12.8 Å². The highest BCUT2D eigenvalue weighted by atomic mass is 16.2. The summed E-state index contributed by atoms with van der Waals surface area (Å²) in [5.41, 5.74) is 6.22. The van der Waals surface area contributed by atoms with E-state index in [4.69, 9.17) is 5.73 Å². The van der Waals surface area contributed by atoms with Gasteiger partial charge in [0.15, 0.2) is 0 Å². The van der Waals surface area contributed by atoms with Crippen molar-refractivity contribution >= 4 is 5.91 Å². The Hall–Kier alpha value is -0.570. The molecule has 2 bridgehead atoms. The van der Waals surface area contributed by atoms with Crippen molar-refractivity contribution in [2.45, 2.75) is 63.5 Å². The van der Waals surface area contributed by atoms with Crippen molar-refractivity contribution in [1.29, 1.82) is 0 Å². The third kappa shape index (κ3) is 1.33. The number of carbonyl (C=O) groups is 1. The lowest BCUT2D eigenvalue weighted by Gasteiger charge is -2.32. The Bertz CT molecular complexity index is 318. The summed E-state index contributed by atoms with van der Waals surface area (Å²) >= 11 is 0. The highest BCUT2D eigenvalue weighted by Crippen LogP contribution is 2.56. The fourth-order valence-electron chi connectivity index (χ4n) is 4.08. The first kappa shape index (κ1) is 10.6. The van der Waals surface area contributed by atoms with Crippen molar-refractivity contribution in [2.75, 3.05) is 6.54 Å². The minimum absolute atomic E-state index is 0.00137. The van der Waals surface area contributed by atoms with Crippen molar-refractivity contribution in [2.24, 2.45) is 11.1 Å². The van der Waals surface area contributed by atoms with Crippen LogP contribution in [0.15, 0.2) is 0 Å². The maximum Gasteiger partial charge on any atom is 0.229 e. The molecule has 1 aliphatic heterocycles. The van der Waals surface area contributed by atoms with Crippen molar-refractivity contribution < 1.29 is 4.79 Å². The molecule has 0 aromatic rings. The van der Waals surface area contributed by atoms with E-state index in [-0.39, 0.29) is 11.0 Å². The van der Waals surface area contributed by atoms with Gasteiger partial charge in [-0.2, -0.15) is 0 Å². The second-order valence-corrected chi connectivity index (χ2v) is 6.31. The van der Waals surface area contributed by atoms with Gasteiger partial charge in [0.25, 0.3) is 0 Å². The number of hydrogen-bond donors (Lipinski definition) is 1. The number of carbonyl (C=O) groups excluding carboxylic acids is 1. The number of nitrogens with zero attached hydrogens (tertiary/aromatic N) is 1. The zero-order valence-corrected chi connectivity index (χ0v) is 10.2. The molecule has 1 amide bonds. The zero-order chi connectivity index (χ0) is 11.4. The predicted molar refractivity (Wildman–Crippen MR) is 62.8 cm³/mol. The normalized spacial score (nSPS) is 46.6. The number of rotatable bonds is 1. The monoisotopic (exact) mass is 222 g/mol. The van der Waals surface area contributed by atoms with Gasteiger partial charge in [-0.15, -0.1) is 0 Å². The predicted octanol–water partition coefficient (Wildman–Crippen LogP) is 1.66. The highest BCUT2D eigenvalue weighted by molar-refractivity contribution is 5.84. The standard InChI is InChI=1S/C13H22N2O/c1-10-3-2-8-15(10)11(16)12-4-6-13(14,9-12)7-5-12/h10H,2-9,14H2,1H3/t10-,12?,13?/m1/s1. The molecule has 3 heteroatoms. The third-order valence-corrected chi connectivity index (χ3v) is 5.16. The van der Waals surface area contributed by atoms with E-state index in [1.807, 2.05) is 0 Å². The second-order valence-electron chi connectivity index (χ2n) is 6.31. The molecule has 16 heavy (non-hydrogen) atoms. The van der Waals surface area contributed by atoms with Crippen LogP contribution in [0, 0.1) is 5.41 Å². The molecule has 3 nitrogen and oxygen atoms in total. The van der Waals surface area contributed by atoms with E-state index in [0.29, 0.717) is 11.9 Å². The van der Waals surface area contributed by atoms with E-state index in [2.05, 4.69) is 11.8 Å². The molecule has 0 spiro atoms. The molecule has 2 N–H and O–H groups in total. The van der Waals surface area contributed by atoms with E-state index in [9.17, 15) is 4.79 Å². The van der Waals surface area contributed by atoms with Gasteiger partial charge in [0.05, 0.1) is 5.41 Å². The topological polar surface area (TPSA) is 46.3 Å². The Morgan fingerprint density at radius 3 is 2.44 bits per heavy atom. The van der Waals surface area contributed by atoms with Crippen LogP contribution in [0.4, 0.5) is 0 Å². The van der Waals surface area contributed by atoms with Crippen LogP contribution in [-0.4, -0.2) is 28.9 Å². The van der Waals surface area contributed by atoms with Crippen molar-refractivity contribution in [1.82, 2.24) is 4.90 Å². The van der Waals surface area contributed by atoms with E-state index in [1.54, 1.807) is 0 Å². The fraction of sp³-hybridized carbons (Fsp3) is 0.923. The van der Waals surface area contributed by atoms with Crippen molar-refractivity contribution in [3.05, 3.63) is 0 Å². The van der Waals surface area contributed by atoms with Crippen LogP contribution in [0.3, 0.4) is 0 Å². The second kappa shape index (κ2) is 3.22. The number of hydrogen-bond acceptors (Lipinski definition) is 2. The number of nitrogens with two attached hydrogens (primary N) is 1. The molecule has 1 saturated heterocycles. The molecule has 1 atom stereocenters. The summed E-state index contributed by atoms with van der Waals surface area (Å²) in [4.78, 5) is 14.8. The summed E-state index contributed by atoms with van der Waals surface area (Å²) in [6.07, 6.45) is 7.48. The largest absolute Gasteiger partial charge is 0.340 e. The van der Waals surface area contributed by atoms with Crippen LogP contribution in [0.1, 0.15) is 51.9 Å². The van der Waals surface area contributed by atoms with E-state index >= 15 is 0 Å². The van der Waals surface area contributed by atoms with Crippen LogP contribution in [-0.2, 0) is 4.79 Å². The van der Waals surface area contributed by atoms with E-state index in [0.717, 1.165) is 38.6 Å². The minimum atomic E-state index is -0.0622. The maximum absolute atomic E-state index is 12.7. The Balaban J connectivity index is 1.81. The molecule has 0 aromatic heterocycles. The van der Waals surface area contributed by atoms with Crippen LogP contribution < -0.4 is 5.73 Å². The Labute approximate surface area is 97.4 Å². The summed E-state index contributed by atoms with van der Waals surface area (Å²) in [5, 5.41) is 0. The SMILES string of the molecule is C[C@@H]1CCCN1C(=O)C12CCC(N)(CC1)C2. The quantitative estimate of drug-likeness (QED) is 0.733. The summed E-state index contributed by atoms with van der Waals surface area (Å²) < 4.78 is 0. The van der Waals surface area contributed by atoms with E-state index < -0.39 is 0 Å². The first-order valence-electron chi connectivity index (χ1n) is 6.65. The van der Waals surface area contributed by atoms with Gasteiger partial charge in [-0.25, -0.2) is 0 Å². The fourth-order valence-corrected chi connectivity index (χ4v) is 4.08. The number of amides is 1. The Kier molecular flexibility index (Phi) is 2.13. The summed E-state index contributed by atoms with van der Waals surface area (Å²) in [6.45, 7) is 3.15. The molecule has 0 unspecified atom stereocenters. The molecule has 3 rings (SSSR count). The number of fused-ring (bicyclic) bond motifs is 2. The van der Waals surface area contributed by atoms with Gasteiger partial charge < -0.3 is 10.6 Å². The van der Waals surface area contributed by atoms with Gasteiger partial charge in [-0.05, 0) is 51.9 Å². The molecule has 3 fully saturated rings. The minimum Gasteiger partial charge on any atom is -0.340 e. The van der Waals surface area contributed by atoms with Gasteiger partial charge in [-0.1, -0.05) is 0 Å². The van der Waals surface area contributed by atoms with Crippen molar-refractivity contribution in [3.8, 4) is 0 Å². The first-order chi connectivity index (χ1) is 7.55. The molecule has 90 valence electrons. The smallest absolute Gasteiger partial charge is 0.229 e. The van der Waals surface area contributed by atoms with Gasteiger partial charge in [0, 0.05) is 18.1 Å². The van der Waals surface area contributed by atoms with Crippen LogP contribution >= 0.6 is 0 Å². The Morgan fingerprint density at radius 2 is 2.00 bits per heavy atom.